The van der Waals surface area contributed by atoms with Gasteiger partial charge in [0.25, 0.3) is 0 Å². The van der Waals surface area contributed by atoms with Gasteiger partial charge < -0.3 is 25.4 Å². The summed E-state index contributed by atoms with van der Waals surface area (Å²) in [7, 11) is 4.99. The summed E-state index contributed by atoms with van der Waals surface area (Å²) in [5.41, 5.74) is 1.01. The molecule has 2 rings (SSSR count). The van der Waals surface area contributed by atoms with Crippen molar-refractivity contribution >= 4 is 11.9 Å². The third kappa shape index (κ3) is 7.00. The zero-order valence-corrected chi connectivity index (χ0v) is 16.6. The maximum Gasteiger partial charge on any atom is 0.220 e. The standard InChI is InChI=1S/C20H32N4O3/c1-21-20(23-11-10-22-19(25)12-15-6-4-5-7-15)24-14-16-8-9-17(26-2)13-18(16)27-3/h8-9,13,15H,4-7,10-12,14H2,1-3H3,(H,22,25)(H2,21,23,24). The fourth-order valence-electron chi connectivity index (χ4n) is 3.33. The van der Waals surface area contributed by atoms with Gasteiger partial charge in [-0.15, -0.1) is 0 Å². The molecule has 0 atom stereocenters. The molecule has 1 aliphatic rings. The lowest BCUT2D eigenvalue weighted by atomic mass is 10.0. The molecule has 0 unspecified atom stereocenters. The van der Waals surface area contributed by atoms with Crippen LogP contribution in [0.2, 0.25) is 0 Å². The molecule has 1 saturated carbocycles. The smallest absolute Gasteiger partial charge is 0.220 e. The van der Waals surface area contributed by atoms with Crippen LogP contribution in [0, 0.1) is 5.92 Å². The zero-order chi connectivity index (χ0) is 19.5. The zero-order valence-electron chi connectivity index (χ0n) is 16.6. The Morgan fingerprint density at radius 3 is 2.52 bits per heavy atom. The van der Waals surface area contributed by atoms with Gasteiger partial charge in [-0.3, -0.25) is 9.79 Å². The van der Waals surface area contributed by atoms with E-state index in [1.54, 1.807) is 21.3 Å². The fraction of sp³-hybridized carbons (Fsp3) is 0.600. The quantitative estimate of drug-likeness (QED) is 0.349. The molecule has 0 aromatic heterocycles. The van der Waals surface area contributed by atoms with Gasteiger partial charge in [-0.25, -0.2) is 0 Å². The molecule has 1 aromatic carbocycles. The molecule has 0 aliphatic heterocycles. The molecule has 1 amide bonds. The molecule has 0 radical (unpaired) electrons. The van der Waals surface area contributed by atoms with E-state index in [4.69, 9.17) is 9.47 Å². The molecular formula is C20H32N4O3. The van der Waals surface area contributed by atoms with Crippen molar-refractivity contribution in [3.05, 3.63) is 23.8 Å². The lowest BCUT2D eigenvalue weighted by Crippen LogP contribution is -2.41. The molecule has 1 fully saturated rings. The maximum absolute atomic E-state index is 11.9. The van der Waals surface area contributed by atoms with E-state index >= 15 is 0 Å². The van der Waals surface area contributed by atoms with Crippen LogP contribution in [-0.2, 0) is 11.3 Å². The molecule has 7 heteroatoms. The number of ether oxygens (including phenoxy) is 2. The number of benzene rings is 1. The van der Waals surface area contributed by atoms with Crippen LogP contribution in [0.1, 0.15) is 37.7 Å². The molecule has 27 heavy (non-hydrogen) atoms. The number of rotatable bonds is 9. The SMILES string of the molecule is CN=C(NCCNC(=O)CC1CCCC1)NCc1ccc(OC)cc1OC. The molecular weight excluding hydrogens is 344 g/mol. The summed E-state index contributed by atoms with van der Waals surface area (Å²) in [6.07, 6.45) is 5.57. The van der Waals surface area contributed by atoms with Crippen molar-refractivity contribution < 1.29 is 14.3 Å². The van der Waals surface area contributed by atoms with Crippen LogP contribution in [-0.4, -0.2) is 46.2 Å². The van der Waals surface area contributed by atoms with E-state index < -0.39 is 0 Å². The Hall–Kier alpha value is -2.44. The molecule has 1 aliphatic carbocycles. The number of nitrogens with zero attached hydrogens (tertiary/aromatic N) is 1. The van der Waals surface area contributed by atoms with Crippen LogP contribution in [0.25, 0.3) is 0 Å². The third-order valence-electron chi connectivity index (χ3n) is 4.85. The van der Waals surface area contributed by atoms with Crippen molar-refractivity contribution in [3.63, 3.8) is 0 Å². The van der Waals surface area contributed by atoms with Crippen molar-refractivity contribution in [2.45, 2.75) is 38.6 Å². The van der Waals surface area contributed by atoms with Gasteiger partial charge in [-0.05, 0) is 30.9 Å². The second-order valence-electron chi connectivity index (χ2n) is 6.73. The first-order valence-electron chi connectivity index (χ1n) is 9.58. The molecule has 0 saturated heterocycles. The van der Waals surface area contributed by atoms with Crippen molar-refractivity contribution in [3.8, 4) is 11.5 Å². The minimum Gasteiger partial charge on any atom is -0.497 e. The van der Waals surface area contributed by atoms with Gasteiger partial charge in [0.05, 0.1) is 14.2 Å². The van der Waals surface area contributed by atoms with E-state index in [-0.39, 0.29) is 5.91 Å². The van der Waals surface area contributed by atoms with Crippen molar-refractivity contribution in [1.29, 1.82) is 0 Å². The number of hydrogen-bond donors (Lipinski definition) is 3. The Morgan fingerprint density at radius 2 is 1.85 bits per heavy atom. The Balaban J connectivity index is 1.69. The topological polar surface area (TPSA) is 84.0 Å². The highest BCUT2D eigenvalue weighted by Gasteiger charge is 2.17. The van der Waals surface area contributed by atoms with Gasteiger partial charge in [-0.2, -0.15) is 0 Å². The number of amides is 1. The first-order chi connectivity index (χ1) is 13.2. The maximum atomic E-state index is 11.9. The average molecular weight is 377 g/mol. The van der Waals surface area contributed by atoms with Crippen LogP contribution in [0.3, 0.4) is 0 Å². The Morgan fingerprint density at radius 1 is 1.11 bits per heavy atom. The first-order valence-corrected chi connectivity index (χ1v) is 9.58. The van der Waals surface area contributed by atoms with Crippen LogP contribution in [0.15, 0.2) is 23.2 Å². The van der Waals surface area contributed by atoms with Gasteiger partial charge in [0.2, 0.25) is 5.91 Å². The van der Waals surface area contributed by atoms with Crippen molar-refractivity contribution in [1.82, 2.24) is 16.0 Å². The summed E-state index contributed by atoms with van der Waals surface area (Å²) < 4.78 is 10.6. The van der Waals surface area contributed by atoms with Crippen molar-refractivity contribution in [2.24, 2.45) is 10.9 Å². The lowest BCUT2D eigenvalue weighted by molar-refractivity contribution is -0.121. The summed E-state index contributed by atoms with van der Waals surface area (Å²) >= 11 is 0. The lowest BCUT2D eigenvalue weighted by Gasteiger charge is -2.15. The van der Waals surface area contributed by atoms with E-state index in [9.17, 15) is 4.79 Å². The average Bonchev–Trinajstić information content (AvgIpc) is 3.20. The predicted octanol–water partition coefficient (Wildman–Crippen LogP) is 2.07. The number of hydrogen-bond acceptors (Lipinski definition) is 4. The number of carbonyl (C=O) groups is 1. The number of aliphatic imine (C=N–C) groups is 1. The Labute approximate surface area is 161 Å². The number of guanidine groups is 1. The minimum absolute atomic E-state index is 0.148. The number of nitrogens with one attached hydrogen (secondary N) is 3. The highest BCUT2D eigenvalue weighted by molar-refractivity contribution is 5.80. The molecule has 7 nitrogen and oxygen atoms in total. The third-order valence-corrected chi connectivity index (χ3v) is 4.85. The van der Waals surface area contributed by atoms with Crippen LogP contribution >= 0.6 is 0 Å². The molecule has 0 bridgehead atoms. The summed E-state index contributed by atoms with van der Waals surface area (Å²) in [6, 6.07) is 5.71. The highest BCUT2D eigenvalue weighted by Crippen LogP contribution is 2.27. The second-order valence-corrected chi connectivity index (χ2v) is 6.73. The van der Waals surface area contributed by atoms with E-state index in [1.165, 1.54) is 25.7 Å². The summed E-state index contributed by atoms with van der Waals surface area (Å²) in [5.74, 6) is 2.92. The van der Waals surface area contributed by atoms with Crippen LogP contribution in [0.4, 0.5) is 0 Å². The van der Waals surface area contributed by atoms with E-state index in [2.05, 4.69) is 20.9 Å². The second kappa shape index (κ2) is 11.3. The monoisotopic (exact) mass is 376 g/mol. The minimum atomic E-state index is 0.148. The van der Waals surface area contributed by atoms with Crippen LogP contribution < -0.4 is 25.4 Å². The van der Waals surface area contributed by atoms with Crippen molar-refractivity contribution in [2.75, 3.05) is 34.4 Å². The molecule has 150 valence electrons. The number of carbonyl (C=O) groups excluding carboxylic acids is 1. The summed E-state index contributed by atoms with van der Waals surface area (Å²) in [4.78, 5) is 16.1. The van der Waals surface area contributed by atoms with Gasteiger partial charge in [0, 0.05) is 44.7 Å². The molecule has 1 aromatic rings. The van der Waals surface area contributed by atoms with E-state index in [1.807, 2.05) is 18.2 Å². The Kier molecular flexibility index (Phi) is 8.74. The van der Waals surface area contributed by atoms with E-state index in [0.29, 0.717) is 37.9 Å². The largest absolute Gasteiger partial charge is 0.497 e. The number of methoxy groups -OCH3 is 2. The normalized spacial score (nSPS) is 14.7. The van der Waals surface area contributed by atoms with Crippen LogP contribution in [0.5, 0.6) is 11.5 Å². The molecule has 3 N–H and O–H groups in total. The van der Waals surface area contributed by atoms with Gasteiger partial charge in [-0.1, -0.05) is 12.8 Å². The van der Waals surface area contributed by atoms with E-state index in [0.717, 1.165) is 17.1 Å². The predicted molar refractivity (Wildman–Crippen MR) is 107 cm³/mol. The highest BCUT2D eigenvalue weighted by atomic mass is 16.5. The van der Waals surface area contributed by atoms with Gasteiger partial charge >= 0.3 is 0 Å². The molecule has 0 spiro atoms. The fourth-order valence-corrected chi connectivity index (χ4v) is 3.33. The Bertz CT molecular complexity index is 628. The molecule has 0 heterocycles. The van der Waals surface area contributed by atoms with Gasteiger partial charge in [0.15, 0.2) is 5.96 Å². The summed E-state index contributed by atoms with van der Waals surface area (Å²) in [5, 5.41) is 9.43. The first kappa shape index (κ1) is 20.9. The van der Waals surface area contributed by atoms with Gasteiger partial charge in [0.1, 0.15) is 11.5 Å². The summed E-state index contributed by atoms with van der Waals surface area (Å²) in [6.45, 7) is 1.77.